The largest absolute Gasteiger partial charge is 0.465 e. The summed E-state index contributed by atoms with van der Waals surface area (Å²) in [4.78, 5) is 13.1. The summed E-state index contributed by atoms with van der Waals surface area (Å²) in [5, 5.41) is 0. The van der Waals surface area contributed by atoms with Crippen LogP contribution >= 0.6 is 0 Å². The van der Waals surface area contributed by atoms with Crippen molar-refractivity contribution in [3.63, 3.8) is 0 Å². The summed E-state index contributed by atoms with van der Waals surface area (Å²) in [6.45, 7) is 1.59. The van der Waals surface area contributed by atoms with Crippen LogP contribution in [0.25, 0.3) is 0 Å². The van der Waals surface area contributed by atoms with Crippen molar-refractivity contribution in [3.8, 4) is 0 Å². The van der Waals surface area contributed by atoms with Crippen LogP contribution < -0.4 is 0 Å². The van der Waals surface area contributed by atoms with Gasteiger partial charge in [-0.3, -0.25) is 0 Å². The maximum absolute atomic E-state index is 13.1. The number of carbonyl (C=O) groups is 1. The van der Waals surface area contributed by atoms with E-state index >= 15 is 0 Å². The van der Waals surface area contributed by atoms with E-state index in [1.165, 1.54) is 7.11 Å². The van der Waals surface area contributed by atoms with E-state index in [-0.39, 0.29) is 6.61 Å². The Morgan fingerprint density at radius 2 is 0.959 bits per heavy atom. The van der Waals surface area contributed by atoms with E-state index in [9.17, 15) is 4.79 Å². The zero-order valence-electron chi connectivity index (χ0n) is 27.6. The molecule has 0 aliphatic carbocycles. The second kappa shape index (κ2) is 17.7. The standard InChI is InChI=1S/C42H42O7/c1-44-42(43)36-25-15-14-24-35(36)38-40(47-28-33-20-10-4-11-21-33)41(48-29-34-22-12-5-13-23-34)39(46-27-32-18-8-3-9-19-32)37(49-38)30-45-26-31-16-6-2-7-17-31/h2-25,37-41H,26-30H2,1H3/t37-,38+,39-,40+,41+/m1/s1. The highest BCUT2D eigenvalue weighted by Gasteiger charge is 2.49. The molecule has 1 aliphatic heterocycles. The molecule has 1 aliphatic rings. The van der Waals surface area contributed by atoms with Gasteiger partial charge in [-0.15, -0.1) is 0 Å². The first-order valence-corrected chi connectivity index (χ1v) is 16.6. The SMILES string of the molecule is COC(=O)c1ccccc1[C@@H]1O[C@H](COCc2ccccc2)[C@@H](OCc2ccccc2)[C@H](OCc2ccccc2)[C@H]1OCc1ccccc1. The second-order valence-electron chi connectivity index (χ2n) is 12.0. The zero-order chi connectivity index (χ0) is 33.7. The van der Waals surface area contributed by atoms with Crippen molar-refractivity contribution in [2.75, 3.05) is 13.7 Å². The fourth-order valence-corrected chi connectivity index (χ4v) is 6.08. The predicted octanol–water partition coefficient (Wildman–Crippen LogP) is 7.89. The van der Waals surface area contributed by atoms with Crippen molar-refractivity contribution in [2.24, 2.45) is 0 Å². The Hall–Kier alpha value is -4.63. The lowest BCUT2D eigenvalue weighted by Gasteiger charge is -2.46. The molecule has 0 radical (unpaired) electrons. The minimum atomic E-state index is -0.707. The number of hydrogen-bond donors (Lipinski definition) is 0. The number of ether oxygens (including phenoxy) is 6. The molecule has 0 saturated carbocycles. The van der Waals surface area contributed by atoms with Crippen LogP contribution in [0, 0.1) is 0 Å². The monoisotopic (exact) mass is 658 g/mol. The first kappa shape index (κ1) is 34.2. The van der Waals surface area contributed by atoms with Gasteiger partial charge in [-0.2, -0.15) is 0 Å². The highest BCUT2D eigenvalue weighted by molar-refractivity contribution is 5.91. The van der Waals surface area contributed by atoms with Crippen LogP contribution in [-0.4, -0.2) is 44.1 Å². The molecule has 0 amide bonds. The molecule has 6 rings (SSSR count). The highest BCUT2D eigenvalue weighted by Crippen LogP contribution is 2.40. The molecule has 5 atom stereocenters. The summed E-state index contributed by atoms with van der Waals surface area (Å²) in [5.41, 5.74) is 5.13. The average molecular weight is 659 g/mol. The molecule has 0 N–H and O–H groups in total. The van der Waals surface area contributed by atoms with Gasteiger partial charge < -0.3 is 28.4 Å². The van der Waals surface area contributed by atoms with E-state index < -0.39 is 36.5 Å². The Morgan fingerprint density at radius 1 is 0.531 bits per heavy atom. The highest BCUT2D eigenvalue weighted by atomic mass is 16.6. The lowest BCUT2D eigenvalue weighted by Crippen LogP contribution is -2.58. The second-order valence-corrected chi connectivity index (χ2v) is 12.0. The van der Waals surface area contributed by atoms with E-state index in [1.54, 1.807) is 6.07 Å². The minimum Gasteiger partial charge on any atom is -0.465 e. The Bertz CT molecular complexity index is 1700. The van der Waals surface area contributed by atoms with Crippen molar-refractivity contribution in [2.45, 2.75) is 56.9 Å². The van der Waals surface area contributed by atoms with Crippen LogP contribution in [0.4, 0.5) is 0 Å². The third kappa shape index (κ3) is 9.29. The van der Waals surface area contributed by atoms with Crippen molar-refractivity contribution in [3.05, 3.63) is 179 Å². The van der Waals surface area contributed by atoms with Crippen molar-refractivity contribution in [1.82, 2.24) is 0 Å². The molecule has 1 fully saturated rings. The quantitative estimate of drug-likeness (QED) is 0.106. The lowest BCUT2D eigenvalue weighted by molar-refractivity contribution is -0.275. The minimum absolute atomic E-state index is 0.224. The van der Waals surface area contributed by atoms with E-state index in [2.05, 4.69) is 0 Å². The van der Waals surface area contributed by atoms with Crippen molar-refractivity contribution < 1.29 is 33.2 Å². The van der Waals surface area contributed by atoms with Gasteiger partial charge in [0.2, 0.25) is 0 Å². The number of carbonyl (C=O) groups excluding carboxylic acids is 1. The molecule has 0 aromatic heterocycles. The molecule has 0 bridgehead atoms. The smallest absolute Gasteiger partial charge is 0.338 e. The molecule has 7 nitrogen and oxygen atoms in total. The van der Waals surface area contributed by atoms with Gasteiger partial charge >= 0.3 is 5.97 Å². The summed E-state index contributed by atoms with van der Waals surface area (Å²) in [7, 11) is 1.38. The molecular weight excluding hydrogens is 616 g/mol. The van der Waals surface area contributed by atoms with E-state index in [0.717, 1.165) is 22.3 Å². The molecule has 49 heavy (non-hydrogen) atoms. The van der Waals surface area contributed by atoms with Gasteiger partial charge in [-0.1, -0.05) is 140 Å². The Kier molecular flexibility index (Phi) is 12.4. The Balaban J connectivity index is 1.39. The first-order chi connectivity index (χ1) is 24.2. The van der Waals surface area contributed by atoms with Crippen molar-refractivity contribution in [1.29, 1.82) is 0 Å². The average Bonchev–Trinajstić information content (AvgIpc) is 3.17. The Morgan fingerprint density at radius 3 is 1.47 bits per heavy atom. The number of esters is 1. The van der Waals surface area contributed by atoms with Crippen LogP contribution in [0.3, 0.4) is 0 Å². The van der Waals surface area contributed by atoms with Crippen LogP contribution in [0.2, 0.25) is 0 Å². The van der Waals surface area contributed by atoms with E-state index in [0.29, 0.717) is 37.6 Å². The van der Waals surface area contributed by atoms with Gasteiger partial charge in [0.15, 0.2) is 0 Å². The molecular formula is C42H42O7. The van der Waals surface area contributed by atoms with Crippen LogP contribution in [0.1, 0.15) is 44.3 Å². The predicted molar refractivity (Wildman–Crippen MR) is 187 cm³/mol. The first-order valence-electron chi connectivity index (χ1n) is 16.6. The van der Waals surface area contributed by atoms with E-state index in [1.807, 2.05) is 140 Å². The molecule has 5 aromatic rings. The fourth-order valence-electron chi connectivity index (χ4n) is 6.08. The molecule has 0 unspecified atom stereocenters. The van der Waals surface area contributed by atoms with Gasteiger partial charge in [-0.05, 0) is 33.9 Å². The van der Waals surface area contributed by atoms with Gasteiger partial charge in [-0.25, -0.2) is 4.79 Å². The van der Waals surface area contributed by atoms with Crippen LogP contribution in [0.5, 0.6) is 0 Å². The molecule has 1 heterocycles. The summed E-state index contributed by atoms with van der Waals surface area (Å²) < 4.78 is 38.9. The third-order valence-electron chi connectivity index (χ3n) is 8.56. The Labute approximate surface area is 288 Å². The molecule has 7 heteroatoms. The van der Waals surface area contributed by atoms with Crippen LogP contribution in [0.15, 0.2) is 146 Å². The van der Waals surface area contributed by atoms with Gasteiger partial charge in [0.25, 0.3) is 0 Å². The molecule has 5 aromatic carbocycles. The molecule has 1 saturated heterocycles. The summed E-state index contributed by atoms with van der Waals surface area (Å²) in [6, 6.07) is 47.4. The summed E-state index contributed by atoms with van der Waals surface area (Å²) in [5.74, 6) is -0.456. The number of hydrogen-bond acceptors (Lipinski definition) is 7. The molecule has 0 spiro atoms. The maximum atomic E-state index is 13.1. The summed E-state index contributed by atoms with van der Waals surface area (Å²) in [6.07, 6.45) is -3.13. The third-order valence-corrected chi connectivity index (χ3v) is 8.56. The fraction of sp³-hybridized carbons (Fsp3) is 0.262. The van der Waals surface area contributed by atoms with E-state index in [4.69, 9.17) is 28.4 Å². The maximum Gasteiger partial charge on any atom is 0.338 e. The normalized spacial score (nSPS) is 20.5. The van der Waals surface area contributed by atoms with Crippen molar-refractivity contribution >= 4 is 5.97 Å². The zero-order valence-corrected chi connectivity index (χ0v) is 27.6. The molecule has 252 valence electrons. The number of benzene rings is 5. The summed E-state index contributed by atoms with van der Waals surface area (Å²) >= 11 is 0. The van der Waals surface area contributed by atoms with Gasteiger partial charge in [0.05, 0.1) is 45.7 Å². The lowest BCUT2D eigenvalue weighted by atomic mass is 9.88. The number of rotatable bonds is 15. The van der Waals surface area contributed by atoms with Gasteiger partial charge in [0, 0.05) is 0 Å². The number of methoxy groups -OCH3 is 1. The topological polar surface area (TPSA) is 72.5 Å². The van der Waals surface area contributed by atoms with Gasteiger partial charge in [0.1, 0.15) is 30.5 Å². The van der Waals surface area contributed by atoms with Crippen LogP contribution in [-0.2, 0) is 54.8 Å².